The molecule has 0 unspecified atom stereocenters. The van der Waals surface area contributed by atoms with Gasteiger partial charge >= 0.3 is 5.97 Å². The average molecular weight is 301 g/mol. The quantitative estimate of drug-likeness (QED) is 0.626. The molecule has 0 aliphatic heterocycles. The third-order valence-electron chi connectivity index (χ3n) is 3.49. The molecule has 0 fully saturated rings. The molecule has 116 valence electrons. The Bertz CT molecular complexity index is 715. The van der Waals surface area contributed by atoms with Crippen LogP contribution in [-0.2, 0) is 11.2 Å². The van der Waals surface area contributed by atoms with Gasteiger partial charge in [0.2, 0.25) is 5.78 Å². The molecule has 0 bridgehead atoms. The number of ether oxygens (including phenoxy) is 1. The van der Waals surface area contributed by atoms with Crippen LogP contribution in [0.2, 0.25) is 0 Å². The number of aryl methyl sites for hydroxylation is 4. The van der Waals surface area contributed by atoms with E-state index in [2.05, 4.69) is 5.16 Å². The smallest absolute Gasteiger partial charge is 0.344 e. The van der Waals surface area contributed by atoms with Crippen molar-refractivity contribution in [3.63, 3.8) is 0 Å². The van der Waals surface area contributed by atoms with Gasteiger partial charge < -0.3 is 9.26 Å². The van der Waals surface area contributed by atoms with E-state index >= 15 is 0 Å². The van der Waals surface area contributed by atoms with Crippen LogP contribution in [0.4, 0.5) is 0 Å². The number of carbonyl (C=O) groups excluding carboxylic acids is 2. The van der Waals surface area contributed by atoms with Crippen molar-refractivity contribution in [1.29, 1.82) is 0 Å². The van der Waals surface area contributed by atoms with Gasteiger partial charge in [0.1, 0.15) is 11.3 Å². The molecule has 5 heteroatoms. The van der Waals surface area contributed by atoms with Gasteiger partial charge in [-0.25, -0.2) is 4.79 Å². The first kappa shape index (κ1) is 15.9. The second-order valence-corrected chi connectivity index (χ2v) is 5.23. The lowest BCUT2D eigenvalue weighted by Gasteiger charge is -2.07. The number of benzene rings is 1. The van der Waals surface area contributed by atoms with Gasteiger partial charge in [0, 0.05) is 5.56 Å². The first-order chi connectivity index (χ1) is 10.4. The number of aromatic nitrogens is 1. The molecule has 0 saturated carbocycles. The molecule has 0 spiro atoms. The molecule has 0 atom stereocenters. The molecular formula is C17H19NO4. The fourth-order valence-corrected chi connectivity index (χ4v) is 2.33. The molecule has 0 amide bonds. The van der Waals surface area contributed by atoms with Gasteiger partial charge in [0.25, 0.3) is 0 Å². The number of carbonyl (C=O) groups is 2. The summed E-state index contributed by atoms with van der Waals surface area (Å²) >= 11 is 0. The maximum absolute atomic E-state index is 12.2. The van der Waals surface area contributed by atoms with Gasteiger partial charge in [0.05, 0.1) is 5.69 Å². The highest BCUT2D eigenvalue weighted by Gasteiger charge is 2.22. The Labute approximate surface area is 129 Å². The van der Waals surface area contributed by atoms with E-state index in [4.69, 9.17) is 9.26 Å². The van der Waals surface area contributed by atoms with E-state index in [0.717, 1.165) is 11.1 Å². The van der Waals surface area contributed by atoms with E-state index in [9.17, 15) is 9.59 Å². The first-order valence-electron chi connectivity index (χ1n) is 7.16. The molecule has 0 radical (unpaired) electrons. The second-order valence-electron chi connectivity index (χ2n) is 5.23. The number of hydrogen-bond acceptors (Lipinski definition) is 5. The number of rotatable bonds is 5. The zero-order chi connectivity index (χ0) is 16.3. The summed E-state index contributed by atoms with van der Waals surface area (Å²) in [5, 5.41) is 3.80. The molecular weight excluding hydrogens is 282 g/mol. The van der Waals surface area contributed by atoms with Gasteiger partial charge in [-0.2, -0.15) is 0 Å². The van der Waals surface area contributed by atoms with Crippen molar-refractivity contribution in [2.24, 2.45) is 0 Å². The zero-order valence-electron chi connectivity index (χ0n) is 13.2. The Morgan fingerprint density at radius 3 is 2.59 bits per heavy atom. The van der Waals surface area contributed by atoms with Crippen LogP contribution in [0.15, 0.2) is 22.7 Å². The summed E-state index contributed by atoms with van der Waals surface area (Å²) in [7, 11) is 0. The Hall–Kier alpha value is -2.43. The van der Waals surface area contributed by atoms with Crippen LogP contribution in [0, 0.1) is 20.8 Å². The lowest BCUT2D eigenvalue weighted by Crippen LogP contribution is -2.16. The van der Waals surface area contributed by atoms with Crippen molar-refractivity contribution >= 4 is 11.8 Å². The van der Waals surface area contributed by atoms with Crippen LogP contribution in [0.25, 0.3) is 0 Å². The number of ketones is 1. The highest BCUT2D eigenvalue weighted by Crippen LogP contribution is 2.16. The van der Waals surface area contributed by atoms with Gasteiger partial charge in [-0.3, -0.25) is 4.79 Å². The van der Waals surface area contributed by atoms with Crippen molar-refractivity contribution in [2.45, 2.75) is 34.1 Å². The van der Waals surface area contributed by atoms with E-state index in [1.165, 1.54) is 0 Å². The summed E-state index contributed by atoms with van der Waals surface area (Å²) in [5.41, 5.74) is 3.38. The van der Waals surface area contributed by atoms with E-state index in [1.54, 1.807) is 13.0 Å². The van der Waals surface area contributed by atoms with Crippen molar-refractivity contribution in [3.8, 4) is 0 Å². The lowest BCUT2D eigenvalue weighted by molar-refractivity contribution is 0.0472. The van der Waals surface area contributed by atoms with E-state index in [1.807, 2.05) is 32.9 Å². The number of Topliss-reactive ketones (excluding diaryl/α,β-unsaturated/α-hetero) is 1. The molecule has 2 aromatic rings. The molecule has 0 N–H and O–H groups in total. The topological polar surface area (TPSA) is 69.4 Å². The molecule has 22 heavy (non-hydrogen) atoms. The van der Waals surface area contributed by atoms with Crippen molar-refractivity contribution in [2.75, 3.05) is 6.61 Å². The summed E-state index contributed by atoms with van der Waals surface area (Å²) < 4.78 is 10.1. The highest BCUT2D eigenvalue weighted by molar-refractivity contribution is 6.00. The van der Waals surface area contributed by atoms with Crippen LogP contribution < -0.4 is 0 Å². The monoisotopic (exact) mass is 301 g/mol. The summed E-state index contributed by atoms with van der Waals surface area (Å²) in [5.74, 6) is -0.396. The molecule has 1 aromatic heterocycles. The maximum Gasteiger partial charge on any atom is 0.344 e. The highest BCUT2D eigenvalue weighted by atomic mass is 16.5. The minimum absolute atomic E-state index is 0.224. The number of nitrogens with zero attached hydrogens (tertiary/aromatic N) is 1. The first-order valence-corrected chi connectivity index (χ1v) is 7.16. The summed E-state index contributed by atoms with van der Waals surface area (Å²) in [6.45, 7) is 7.05. The molecule has 0 aliphatic carbocycles. The largest absolute Gasteiger partial charge is 0.454 e. The molecule has 1 aromatic carbocycles. The Balaban J connectivity index is 2.07. The van der Waals surface area contributed by atoms with Crippen molar-refractivity contribution in [1.82, 2.24) is 5.16 Å². The van der Waals surface area contributed by atoms with E-state index in [-0.39, 0.29) is 12.4 Å². The summed E-state index contributed by atoms with van der Waals surface area (Å²) in [6.07, 6.45) is 0.562. The molecule has 1 heterocycles. The number of hydrogen-bond donors (Lipinski definition) is 0. The normalized spacial score (nSPS) is 10.5. The van der Waals surface area contributed by atoms with E-state index in [0.29, 0.717) is 29.0 Å². The third-order valence-corrected chi connectivity index (χ3v) is 3.49. The van der Waals surface area contributed by atoms with Crippen LogP contribution in [-0.4, -0.2) is 23.5 Å². The van der Waals surface area contributed by atoms with Gasteiger partial charge in [-0.15, -0.1) is 0 Å². The summed E-state index contributed by atoms with van der Waals surface area (Å²) in [6, 6.07) is 5.54. The molecule has 0 saturated heterocycles. The van der Waals surface area contributed by atoms with Crippen LogP contribution in [0.3, 0.4) is 0 Å². The van der Waals surface area contributed by atoms with Crippen molar-refractivity contribution in [3.05, 3.63) is 51.9 Å². The minimum Gasteiger partial charge on any atom is -0.454 e. The maximum atomic E-state index is 12.2. The Morgan fingerprint density at radius 1 is 1.23 bits per heavy atom. The van der Waals surface area contributed by atoms with Crippen molar-refractivity contribution < 1.29 is 18.8 Å². The fraction of sp³-hybridized carbons (Fsp3) is 0.353. The average Bonchev–Trinajstić information content (AvgIpc) is 2.85. The van der Waals surface area contributed by atoms with Crippen LogP contribution in [0.5, 0.6) is 0 Å². The van der Waals surface area contributed by atoms with Gasteiger partial charge in [0.15, 0.2) is 6.61 Å². The Kier molecular flexibility index (Phi) is 4.75. The minimum atomic E-state index is -0.575. The lowest BCUT2D eigenvalue weighted by atomic mass is 10.0. The number of esters is 1. The molecule has 2 rings (SSSR count). The van der Waals surface area contributed by atoms with E-state index < -0.39 is 5.97 Å². The predicted molar refractivity (Wildman–Crippen MR) is 81.1 cm³/mol. The predicted octanol–water partition coefficient (Wildman–Crippen LogP) is 3.20. The fourth-order valence-electron chi connectivity index (χ4n) is 2.33. The molecule has 0 aliphatic rings. The van der Waals surface area contributed by atoms with Crippen LogP contribution >= 0.6 is 0 Å². The second kappa shape index (κ2) is 6.56. The molecule has 5 nitrogen and oxygen atoms in total. The Morgan fingerprint density at radius 2 is 1.95 bits per heavy atom. The summed E-state index contributed by atoms with van der Waals surface area (Å²) in [4.78, 5) is 24.3. The third kappa shape index (κ3) is 3.24. The van der Waals surface area contributed by atoms with Gasteiger partial charge in [-0.1, -0.05) is 35.8 Å². The SMILES string of the molecule is CCc1noc(C)c1C(=O)OCC(=O)c1ccc(C)cc1C. The zero-order valence-corrected chi connectivity index (χ0v) is 13.2. The van der Waals surface area contributed by atoms with Crippen LogP contribution in [0.1, 0.15) is 50.2 Å². The standard InChI is InChI=1S/C17H19NO4/c1-5-14-16(12(4)22-18-14)17(20)21-9-15(19)13-7-6-10(2)8-11(13)3/h6-8H,5,9H2,1-4H3. The van der Waals surface area contributed by atoms with Gasteiger partial charge in [-0.05, 0) is 32.8 Å².